The quantitative estimate of drug-likeness (QED) is 0.542. The molecule has 4 atom stereocenters. The van der Waals surface area contributed by atoms with Gasteiger partial charge in [-0.3, -0.25) is 0 Å². The molecule has 0 saturated heterocycles. The summed E-state index contributed by atoms with van der Waals surface area (Å²) in [5, 5.41) is 17.1. The molecule has 1 amide bonds. The van der Waals surface area contributed by atoms with E-state index in [1.165, 1.54) is 12.8 Å². The number of nitrogens with zero attached hydrogens (tertiary/aromatic N) is 3. The number of ether oxygens (including phenoxy) is 1. The number of H-pyrrole nitrogens is 1. The number of tetrazole rings is 1. The van der Waals surface area contributed by atoms with Crippen molar-refractivity contribution < 1.29 is 9.53 Å². The van der Waals surface area contributed by atoms with Crippen LogP contribution in [0, 0.1) is 23.2 Å². The number of hydrogen-bond acceptors (Lipinski definition) is 5. The first-order valence-corrected chi connectivity index (χ1v) is 10.5. The molecule has 2 bridgehead atoms. The average molecular weight is 390 g/mol. The number of nitrogens with one attached hydrogen (secondary N) is 2. The third-order valence-electron chi connectivity index (χ3n) is 6.54. The molecule has 1 heterocycles. The maximum Gasteiger partial charge on any atom is 0.407 e. The molecule has 0 spiro atoms. The van der Waals surface area contributed by atoms with Gasteiger partial charge in [0.2, 0.25) is 0 Å². The van der Waals surface area contributed by atoms with E-state index in [0.29, 0.717) is 17.3 Å². The van der Waals surface area contributed by atoms with Crippen molar-refractivity contribution in [3.8, 4) is 0 Å². The highest BCUT2D eigenvalue weighted by Gasteiger charge is 2.57. The summed E-state index contributed by atoms with van der Waals surface area (Å²) in [6.07, 6.45) is 10.6. The van der Waals surface area contributed by atoms with Crippen LogP contribution < -0.4 is 5.32 Å². The number of aryl methyl sites for hydroxylation is 1. The second kappa shape index (κ2) is 8.21. The van der Waals surface area contributed by atoms with E-state index in [9.17, 15) is 4.79 Å². The molecule has 1 aromatic heterocycles. The van der Waals surface area contributed by atoms with Crippen LogP contribution in [0.5, 0.6) is 0 Å². The van der Waals surface area contributed by atoms with E-state index in [0.717, 1.165) is 37.4 Å². The van der Waals surface area contributed by atoms with Gasteiger partial charge in [0.1, 0.15) is 11.4 Å². The lowest BCUT2D eigenvalue weighted by Crippen LogP contribution is -2.63. The van der Waals surface area contributed by atoms with Crippen molar-refractivity contribution in [1.29, 1.82) is 0 Å². The molecule has 2 N–H and O–H groups in total. The van der Waals surface area contributed by atoms with Gasteiger partial charge in [-0.2, -0.15) is 0 Å². The van der Waals surface area contributed by atoms with Crippen molar-refractivity contribution in [3.63, 3.8) is 0 Å². The maximum absolute atomic E-state index is 12.4. The van der Waals surface area contributed by atoms with Crippen molar-refractivity contribution in [2.45, 2.75) is 84.8 Å². The molecule has 28 heavy (non-hydrogen) atoms. The molecule has 0 radical (unpaired) electrons. The number of fused-ring (bicyclic) bond motifs is 2. The van der Waals surface area contributed by atoms with Gasteiger partial charge in [-0.15, -0.1) is 5.10 Å². The zero-order chi connectivity index (χ0) is 20.4. The fourth-order valence-corrected chi connectivity index (χ4v) is 4.87. The Balaban J connectivity index is 1.51. The van der Waals surface area contributed by atoms with Gasteiger partial charge in [-0.1, -0.05) is 26.0 Å². The van der Waals surface area contributed by atoms with Crippen LogP contribution in [0.4, 0.5) is 4.79 Å². The second-order valence-corrected chi connectivity index (χ2v) is 9.98. The van der Waals surface area contributed by atoms with Crippen molar-refractivity contribution in [2.75, 3.05) is 0 Å². The maximum atomic E-state index is 12.4. The van der Waals surface area contributed by atoms with E-state index in [4.69, 9.17) is 4.74 Å². The lowest BCUT2D eigenvalue weighted by molar-refractivity contribution is -0.113. The van der Waals surface area contributed by atoms with E-state index in [-0.39, 0.29) is 12.1 Å². The van der Waals surface area contributed by atoms with Gasteiger partial charge < -0.3 is 10.1 Å². The molecule has 0 aliphatic heterocycles. The molecule has 7 nitrogen and oxygen atoms in total. The van der Waals surface area contributed by atoms with Crippen LogP contribution in [0.15, 0.2) is 12.2 Å². The SMILES string of the molecule is CC(C)(C)OC(=O)N[C@@H]1[C@@H](CC=CCCCc2nnn[nH]2)C[C@H]2C[C@@H]1C2(C)C. The highest BCUT2D eigenvalue weighted by Crippen LogP contribution is 2.61. The number of rotatable bonds is 7. The third-order valence-corrected chi connectivity index (χ3v) is 6.54. The van der Waals surface area contributed by atoms with Gasteiger partial charge in [0.05, 0.1) is 0 Å². The van der Waals surface area contributed by atoms with Gasteiger partial charge in [0.15, 0.2) is 0 Å². The van der Waals surface area contributed by atoms with E-state index >= 15 is 0 Å². The molecule has 0 unspecified atom stereocenters. The molecular weight excluding hydrogens is 354 g/mol. The van der Waals surface area contributed by atoms with E-state index in [1.807, 2.05) is 20.8 Å². The van der Waals surface area contributed by atoms with Gasteiger partial charge in [-0.05, 0) is 86.5 Å². The van der Waals surface area contributed by atoms with Crippen LogP contribution >= 0.6 is 0 Å². The summed E-state index contributed by atoms with van der Waals surface area (Å²) in [5.74, 6) is 2.63. The fraction of sp³-hybridized carbons (Fsp3) is 0.810. The molecule has 0 aromatic carbocycles. The van der Waals surface area contributed by atoms with Gasteiger partial charge >= 0.3 is 6.09 Å². The van der Waals surface area contributed by atoms with Crippen molar-refractivity contribution >= 4 is 6.09 Å². The summed E-state index contributed by atoms with van der Waals surface area (Å²) in [6.45, 7) is 10.4. The monoisotopic (exact) mass is 389 g/mol. The molecular formula is C21H35N5O2. The smallest absolute Gasteiger partial charge is 0.407 e. The van der Waals surface area contributed by atoms with Crippen LogP contribution in [0.3, 0.4) is 0 Å². The Kier molecular flexibility index (Phi) is 6.10. The molecule has 7 heteroatoms. The zero-order valence-corrected chi connectivity index (χ0v) is 17.9. The van der Waals surface area contributed by atoms with Crippen molar-refractivity contribution in [3.05, 3.63) is 18.0 Å². The van der Waals surface area contributed by atoms with Crippen LogP contribution in [0.25, 0.3) is 0 Å². The Morgan fingerprint density at radius 2 is 2.11 bits per heavy atom. The van der Waals surface area contributed by atoms with E-state index < -0.39 is 5.60 Å². The van der Waals surface area contributed by atoms with Crippen molar-refractivity contribution in [2.24, 2.45) is 23.2 Å². The summed E-state index contributed by atoms with van der Waals surface area (Å²) >= 11 is 0. The van der Waals surface area contributed by atoms with Crippen LogP contribution in [-0.2, 0) is 11.2 Å². The topological polar surface area (TPSA) is 92.8 Å². The number of amides is 1. The average Bonchev–Trinajstić information content (AvgIpc) is 3.10. The van der Waals surface area contributed by atoms with Gasteiger partial charge in [0, 0.05) is 12.5 Å². The first kappa shape index (κ1) is 20.8. The second-order valence-electron chi connectivity index (χ2n) is 9.98. The largest absolute Gasteiger partial charge is 0.444 e. The first-order chi connectivity index (χ1) is 13.2. The summed E-state index contributed by atoms with van der Waals surface area (Å²) in [5.41, 5.74) is -0.157. The minimum atomic E-state index is -0.467. The first-order valence-electron chi connectivity index (χ1n) is 10.5. The predicted molar refractivity (Wildman–Crippen MR) is 108 cm³/mol. The van der Waals surface area contributed by atoms with E-state index in [1.54, 1.807) is 0 Å². The molecule has 1 aromatic rings. The Bertz CT molecular complexity index is 677. The predicted octanol–water partition coefficient (Wildman–Crippen LogP) is 4.04. The fourth-order valence-electron chi connectivity index (χ4n) is 4.87. The highest BCUT2D eigenvalue weighted by atomic mass is 16.6. The lowest BCUT2D eigenvalue weighted by Gasteiger charge is -2.62. The van der Waals surface area contributed by atoms with E-state index in [2.05, 4.69) is 51.9 Å². The third kappa shape index (κ3) is 4.92. The molecule has 3 saturated carbocycles. The standard InChI is InChI=1S/C21H35N5O2/c1-20(2,3)28-19(27)22-18-14(12-15-13-16(18)21(15,4)5)10-8-6-7-9-11-17-23-25-26-24-17/h6,8,14-16,18H,7,9-13H2,1-5H3,(H,22,27)(H,23,24,25,26)/t14-,15-,16-,18+/m0/s1. The number of aromatic amines is 1. The summed E-state index contributed by atoms with van der Waals surface area (Å²) in [6, 6.07) is 0.194. The summed E-state index contributed by atoms with van der Waals surface area (Å²) in [4.78, 5) is 12.4. The number of carbonyl (C=O) groups excluding carboxylic acids is 1. The normalized spacial score (nSPS) is 28.8. The minimum absolute atomic E-state index is 0.194. The number of unbranched alkanes of at least 4 members (excludes halogenated alkanes) is 1. The number of hydrogen-bond donors (Lipinski definition) is 2. The number of allylic oxidation sites excluding steroid dienone is 2. The van der Waals surface area contributed by atoms with Gasteiger partial charge in [0.25, 0.3) is 0 Å². The number of carbonyl (C=O) groups is 1. The number of alkyl carbamates (subject to hydrolysis) is 1. The highest BCUT2D eigenvalue weighted by molar-refractivity contribution is 5.68. The summed E-state index contributed by atoms with van der Waals surface area (Å²) < 4.78 is 5.53. The zero-order valence-electron chi connectivity index (χ0n) is 17.9. The lowest BCUT2D eigenvalue weighted by atomic mass is 9.44. The Hall–Kier alpha value is -1.92. The van der Waals surface area contributed by atoms with Gasteiger partial charge in [-0.25, -0.2) is 9.89 Å². The molecule has 3 aliphatic carbocycles. The molecule has 3 aliphatic rings. The van der Waals surface area contributed by atoms with Crippen LogP contribution in [-0.4, -0.2) is 38.4 Å². The van der Waals surface area contributed by atoms with Crippen LogP contribution in [0.2, 0.25) is 0 Å². The molecule has 156 valence electrons. The Labute approximate surface area is 168 Å². The minimum Gasteiger partial charge on any atom is -0.444 e. The molecule has 4 rings (SSSR count). The van der Waals surface area contributed by atoms with Crippen LogP contribution in [0.1, 0.15) is 72.5 Å². The Morgan fingerprint density at radius 3 is 2.75 bits per heavy atom. The molecule has 3 fully saturated rings. The summed E-state index contributed by atoms with van der Waals surface area (Å²) in [7, 11) is 0. The van der Waals surface area contributed by atoms with Crippen molar-refractivity contribution in [1.82, 2.24) is 25.9 Å². The number of aromatic nitrogens is 4. The Morgan fingerprint density at radius 1 is 1.32 bits per heavy atom.